The predicted molar refractivity (Wildman–Crippen MR) is 143 cm³/mol. The highest BCUT2D eigenvalue weighted by molar-refractivity contribution is 7.19. The summed E-state index contributed by atoms with van der Waals surface area (Å²) in [5, 5.41) is 12.5. The fourth-order valence-electron chi connectivity index (χ4n) is 5.12. The molecule has 1 heterocycles. The first-order valence-corrected chi connectivity index (χ1v) is 12.7. The zero-order valence-corrected chi connectivity index (χ0v) is 22.0. The van der Waals surface area contributed by atoms with E-state index in [1.807, 2.05) is 36.4 Å². The number of hydrogen-bond acceptors (Lipinski definition) is 6. The van der Waals surface area contributed by atoms with E-state index in [0.717, 1.165) is 40.8 Å². The van der Waals surface area contributed by atoms with Gasteiger partial charge in [-0.2, -0.15) is 5.26 Å². The van der Waals surface area contributed by atoms with Crippen molar-refractivity contribution in [3.8, 4) is 6.07 Å². The van der Waals surface area contributed by atoms with Crippen molar-refractivity contribution in [2.75, 3.05) is 11.8 Å². The van der Waals surface area contributed by atoms with Gasteiger partial charge in [-0.25, -0.2) is 9.78 Å². The number of benzene rings is 2. The van der Waals surface area contributed by atoms with Gasteiger partial charge >= 0.3 is 6.09 Å². The number of rotatable bonds is 10. The summed E-state index contributed by atoms with van der Waals surface area (Å²) in [6.45, 7) is 1.18. The molecule has 3 aromatic rings. The Kier molecular flexibility index (Phi) is 8.13. The summed E-state index contributed by atoms with van der Waals surface area (Å²) in [5.41, 5.74) is 3.47. The van der Waals surface area contributed by atoms with Crippen LogP contribution < -0.4 is 9.99 Å². The van der Waals surface area contributed by atoms with Gasteiger partial charge in [0.15, 0.2) is 0 Å². The largest absolute Gasteiger partial charge is 0.453 e. The summed E-state index contributed by atoms with van der Waals surface area (Å²) in [5.74, 6) is 0.860. The Morgan fingerprint density at radius 3 is 2.89 bits per heavy atom. The van der Waals surface area contributed by atoms with E-state index < -0.39 is 6.09 Å². The van der Waals surface area contributed by atoms with Crippen LogP contribution in [0.1, 0.15) is 43.5 Å². The number of aryl methyl sites for hydroxylation is 1. The van der Waals surface area contributed by atoms with Gasteiger partial charge in [0, 0.05) is 41.6 Å². The van der Waals surface area contributed by atoms with Crippen LogP contribution in [0.3, 0.4) is 0 Å². The minimum Gasteiger partial charge on any atom is -0.453 e. The molecule has 1 aliphatic carbocycles. The van der Waals surface area contributed by atoms with Crippen LogP contribution in [0.15, 0.2) is 42.5 Å². The molecule has 2 aromatic carbocycles. The fraction of sp³-hybridized carbons (Fsp3) is 0.385. The smallest absolute Gasteiger partial charge is 0.407 e. The number of methoxy groups -OCH3 is 1. The van der Waals surface area contributed by atoms with Crippen molar-refractivity contribution in [3.63, 3.8) is 0 Å². The average Bonchev–Trinajstić information content (AvgIpc) is 3.18. The van der Waals surface area contributed by atoms with Gasteiger partial charge in [0.1, 0.15) is 12.1 Å². The molecule has 0 saturated heterocycles. The Morgan fingerprint density at radius 2 is 2.17 bits per heavy atom. The quantitative estimate of drug-likeness (QED) is 0.223. The van der Waals surface area contributed by atoms with Gasteiger partial charge in [0.05, 0.1) is 30.8 Å². The lowest BCUT2D eigenvalue weighted by molar-refractivity contribution is -0.109. The van der Waals surface area contributed by atoms with Crippen molar-refractivity contribution >= 4 is 50.1 Å². The van der Waals surface area contributed by atoms with E-state index in [-0.39, 0.29) is 11.5 Å². The van der Waals surface area contributed by atoms with E-state index in [1.54, 1.807) is 0 Å². The molecular weight excluding hydrogens is 497 g/mol. The second kappa shape index (κ2) is 11.3. The minimum absolute atomic E-state index is 0.0440. The molecule has 1 saturated carbocycles. The zero-order valence-electron chi connectivity index (χ0n) is 20.1. The number of alkyl carbamates (subject to hydrolysis) is 1. The van der Waals surface area contributed by atoms with Gasteiger partial charge in [-0.1, -0.05) is 29.8 Å². The third-order valence-corrected chi connectivity index (χ3v) is 7.51. The molecular formula is C26H29ClN5O3P. The zero-order chi connectivity index (χ0) is 25.7. The Bertz CT molecular complexity index is 1300. The molecule has 0 bridgehead atoms. The first kappa shape index (κ1) is 25.9. The Balaban J connectivity index is 1.63. The Hall–Kier alpha value is -3.14. The number of para-hydroxylation sites is 1. The summed E-state index contributed by atoms with van der Waals surface area (Å²) in [4.78, 5) is 28.2. The molecule has 0 aliphatic heterocycles. The van der Waals surface area contributed by atoms with Crippen molar-refractivity contribution in [1.29, 1.82) is 5.26 Å². The maximum Gasteiger partial charge on any atom is 0.407 e. The number of anilines is 1. The first-order valence-electron chi connectivity index (χ1n) is 11.8. The number of hydrogen-bond donors (Lipinski definition) is 1. The van der Waals surface area contributed by atoms with Crippen LogP contribution in [0.25, 0.3) is 11.0 Å². The molecule has 1 aliphatic rings. The van der Waals surface area contributed by atoms with E-state index >= 15 is 0 Å². The lowest BCUT2D eigenvalue weighted by Crippen LogP contribution is -2.53. The molecule has 8 nitrogen and oxygen atoms in total. The summed E-state index contributed by atoms with van der Waals surface area (Å²) >= 11 is 6.21. The number of halogens is 1. The number of carbonyl (C=O) groups is 2. The number of fused-ring (bicyclic) bond motifs is 1. The second-order valence-electron chi connectivity index (χ2n) is 9.11. The number of unbranched alkanes of at least 4 members (excludes halogenated alkanes) is 1. The van der Waals surface area contributed by atoms with E-state index in [2.05, 4.69) is 36.1 Å². The number of aromatic nitrogens is 2. The topological polar surface area (TPSA) is 100 Å². The lowest BCUT2D eigenvalue weighted by atomic mass is 9.59. The van der Waals surface area contributed by atoms with Crippen LogP contribution in [0.5, 0.6) is 0 Å². The number of nitrogens with zero attached hydrogens (tertiary/aromatic N) is 4. The fourth-order valence-corrected chi connectivity index (χ4v) is 5.67. The molecule has 10 heteroatoms. The predicted octanol–water partition coefficient (Wildman–Crippen LogP) is 5.14. The number of amides is 1. The standard InChI is InChI=1S/C26H29ClN5O3P/c1-35-25(34)29-19-15-26(16-19,10-13-33)20-6-2-3-7-22(20)32(36)17-24-30-21-14-18(27)8-9-23(21)31(24)12-5-4-11-28/h2-3,6-9,13-14,19H,4-5,10,12,15-17,36H2,1H3,(H,29,34)/t19-,26+. The number of nitrogens with one attached hydrogen (secondary N) is 1. The number of nitriles is 1. The number of imidazole rings is 1. The highest BCUT2D eigenvalue weighted by atomic mass is 35.5. The van der Waals surface area contributed by atoms with Gasteiger partial charge in [0.25, 0.3) is 0 Å². The first-order chi connectivity index (χ1) is 17.4. The van der Waals surface area contributed by atoms with Crippen LogP contribution in [0.2, 0.25) is 5.02 Å². The molecule has 1 fully saturated rings. The van der Waals surface area contributed by atoms with Crippen molar-refractivity contribution in [1.82, 2.24) is 14.9 Å². The molecule has 1 N–H and O–H groups in total. The molecule has 36 heavy (non-hydrogen) atoms. The van der Waals surface area contributed by atoms with Crippen molar-refractivity contribution in [3.05, 3.63) is 58.9 Å². The van der Waals surface area contributed by atoms with Gasteiger partial charge in [0.2, 0.25) is 0 Å². The Labute approximate surface area is 217 Å². The third-order valence-electron chi connectivity index (χ3n) is 6.81. The second-order valence-corrected chi connectivity index (χ2v) is 10.2. The normalized spacial score (nSPS) is 18.8. The van der Waals surface area contributed by atoms with Crippen LogP contribution >= 0.6 is 21.0 Å². The number of aldehydes is 1. The molecule has 0 radical (unpaired) electrons. The minimum atomic E-state index is -0.462. The van der Waals surface area contributed by atoms with Crippen molar-refractivity contribution in [2.24, 2.45) is 0 Å². The SMILES string of the molecule is COC(=O)N[C@H]1C[C@@](CC=O)(c2ccccc2N(P)Cc2nc3cc(Cl)ccc3n2CCCC#N)C1. The monoisotopic (exact) mass is 525 g/mol. The van der Waals surface area contributed by atoms with Gasteiger partial charge in [-0.05, 0) is 58.5 Å². The van der Waals surface area contributed by atoms with Gasteiger partial charge < -0.3 is 24.1 Å². The lowest BCUT2D eigenvalue weighted by Gasteiger charge is -2.48. The highest BCUT2D eigenvalue weighted by Gasteiger charge is 2.47. The molecule has 1 unspecified atom stereocenters. The van der Waals surface area contributed by atoms with Crippen molar-refractivity contribution in [2.45, 2.75) is 56.7 Å². The maximum absolute atomic E-state index is 11.7. The van der Waals surface area contributed by atoms with Crippen molar-refractivity contribution < 1.29 is 14.3 Å². The summed E-state index contributed by atoms with van der Waals surface area (Å²) in [7, 11) is 4.13. The van der Waals surface area contributed by atoms with E-state index in [0.29, 0.717) is 43.8 Å². The molecule has 1 atom stereocenters. The van der Waals surface area contributed by atoms with Crippen LogP contribution in [-0.4, -0.2) is 35.1 Å². The van der Waals surface area contributed by atoms with E-state index in [1.165, 1.54) is 7.11 Å². The summed E-state index contributed by atoms with van der Waals surface area (Å²) < 4.78 is 8.94. The van der Waals surface area contributed by atoms with Crippen LogP contribution in [0, 0.1) is 11.3 Å². The van der Waals surface area contributed by atoms with Crippen LogP contribution in [-0.2, 0) is 28.0 Å². The molecule has 188 valence electrons. The number of ether oxygens (including phenoxy) is 1. The molecule has 1 aromatic heterocycles. The molecule has 0 spiro atoms. The molecule has 1 amide bonds. The number of carbonyl (C=O) groups excluding carboxylic acids is 2. The molecule has 4 rings (SSSR count). The highest BCUT2D eigenvalue weighted by Crippen LogP contribution is 2.50. The van der Waals surface area contributed by atoms with E-state index in [4.69, 9.17) is 26.6 Å². The summed E-state index contributed by atoms with van der Waals surface area (Å²) in [6.07, 6.45) is 3.36. The van der Waals surface area contributed by atoms with Gasteiger partial charge in [-0.15, -0.1) is 0 Å². The maximum atomic E-state index is 11.7. The van der Waals surface area contributed by atoms with E-state index in [9.17, 15) is 9.59 Å². The third kappa shape index (κ3) is 5.33. The summed E-state index contributed by atoms with van der Waals surface area (Å²) in [6, 6.07) is 15.9. The van der Waals surface area contributed by atoms with Gasteiger partial charge in [-0.3, -0.25) is 0 Å². The average molecular weight is 526 g/mol. The van der Waals surface area contributed by atoms with Crippen LogP contribution in [0.4, 0.5) is 10.5 Å². The Morgan fingerprint density at radius 1 is 1.39 bits per heavy atom.